The van der Waals surface area contributed by atoms with Crippen molar-refractivity contribution >= 4 is 32.8 Å². The summed E-state index contributed by atoms with van der Waals surface area (Å²) >= 11 is 3.07. The Bertz CT molecular complexity index is 645. The molecular weight excluding hydrogens is 317 g/mol. The second-order valence-corrected chi connectivity index (χ2v) is 4.78. The molecule has 0 unspecified atom stereocenters. The van der Waals surface area contributed by atoms with E-state index in [1.807, 2.05) is 6.92 Å². The van der Waals surface area contributed by atoms with Crippen molar-refractivity contribution in [2.24, 2.45) is 0 Å². The first-order valence-electron chi connectivity index (χ1n) is 5.69. The molecule has 1 aromatic carbocycles. The van der Waals surface area contributed by atoms with Crippen LogP contribution >= 0.6 is 15.9 Å². The smallest absolute Gasteiger partial charge is 0.341 e. The van der Waals surface area contributed by atoms with Crippen molar-refractivity contribution < 1.29 is 19.0 Å². The molecule has 4 nitrogen and oxygen atoms in total. The minimum absolute atomic E-state index is 0.0566. The Balaban J connectivity index is 2.66. The zero-order valence-corrected chi connectivity index (χ0v) is 11.7. The first-order valence-corrected chi connectivity index (χ1v) is 6.48. The number of carboxylic acid groups (broad SMARTS) is 1. The summed E-state index contributed by atoms with van der Waals surface area (Å²) < 4.78 is 19.5. The van der Waals surface area contributed by atoms with Gasteiger partial charge in [-0.15, -0.1) is 0 Å². The highest BCUT2D eigenvalue weighted by Crippen LogP contribution is 2.28. The Labute approximate surface area is 117 Å². The molecule has 1 heterocycles. The number of nitrogens with zero attached hydrogens (tertiary/aromatic N) is 1. The lowest BCUT2D eigenvalue weighted by atomic mass is 10.1. The van der Waals surface area contributed by atoms with Gasteiger partial charge in [-0.25, -0.2) is 14.2 Å². The number of benzene rings is 1. The molecule has 0 atom stereocenters. The number of aromatic carboxylic acids is 1. The van der Waals surface area contributed by atoms with Crippen LogP contribution in [0.15, 0.2) is 22.7 Å². The zero-order chi connectivity index (χ0) is 14.0. The van der Waals surface area contributed by atoms with Gasteiger partial charge in [0, 0.05) is 5.39 Å². The average Bonchev–Trinajstić information content (AvgIpc) is 2.40. The maximum absolute atomic E-state index is 13.9. The van der Waals surface area contributed by atoms with Crippen molar-refractivity contribution in [3.05, 3.63) is 34.1 Å². The number of ether oxygens (including phenoxy) is 1. The van der Waals surface area contributed by atoms with Gasteiger partial charge in [-0.3, -0.25) is 0 Å². The van der Waals surface area contributed by atoms with E-state index in [4.69, 9.17) is 9.84 Å². The Morgan fingerprint density at radius 1 is 1.53 bits per heavy atom. The minimum atomic E-state index is -1.15. The highest BCUT2D eigenvalue weighted by Gasteiger charge is 2.17. The number of aromatic nitrogens is 1. The van der Waals surface area contributed by atoms with Crippen LogP contribution in [0.25, 0.3) is 10.9 Å². The minimum Gasteiger partial charge on any atom is -0.477 e. The van der Waals surface area contributed by atoms with Gasteiger partial charge in [0.25, 0.3) is 0 Å². The van der Waals surface area contributed by atoms with E-state index in [-0.39, 0.29) is 21.4 Å². The van der Waals surface area contributed by atoms with E-state index in [1.165, 1.54) is 12.1 Å². The van der Waals surface area contributed by atoms with E-state index < -0.39 is 11.8 Å². The molecule has 19 heavy (non-hydrogen) atoms. The van der Waals surface area contributed by atoms with Gasteiger partial charge in [0.1, 0.15) is 11.1 Å². The van der Waals surface area contributed by atoms with Crippen molar-refractivity contribution in [2.45, 2.75) is 13.3 Å². The molecule has 100 valence electrons. The molecule has 6 heteroatoms. The fourth-order valence-corrected chi connectivity index (χ4v) is 1.95. The molecular formula is C13H11BrFNO3. The van der Waals surface area contributed by atoms with E-state index in [2.05, 4.69) is 20.9 Å². The SMILES string of the molecule is CCCOc1nc2c(F)c(Br)ccc2cc1C(=O)O. The number of fused-ring (bicyclic) bond motifs is 1. The van der Waals surface area contributed by atoms with E-state index in [0.717, 1.165) is 0 Å². The number of carbonyl (C=O) groups is 1. The monoisotopic (exact) mass is 327 g/mol. The summed E-state index contributed by atoms with van der Waals surface area (Å²) in [5.74, 6) is -1.74. The molecule has 0 spiro atoms. The Kier molecular flexibility index (Phi) is 3.99. The van der Waals surface area contributed by atoms with E-state index in [9.17, 15) is 9.18 Å². The van der Waals surface area contributed by atoms with Crippen LogP contribution in [-0.2, 0) is 0 Å². The van der Waals surface area contributed by atoms with Crippen LogP contribution in [0.2, 0.25) is 0 Å². The van der Waals surface area contributed by atoms with Gasteiger partial charge in [0.2, 0.25) is 5.88 Å². The van der Waals surface area contributed by atoms with Gasteiger partial charge in [-0.2, -0.15) is 0 Å². The molecule has 0 saturated carbocycles. The van der Waals surface area contributed by atoms with Crippen molar-refractivity contribution in [1.82, 2.24) is 4.98 Å². The largest absolute Gasteiger partial charge is 0.477 e. The molecule has 1 N–H and O–H groups in total. The lowest BCUT2D eigenvalue weighted by Crippen LogP contribution is -2.06. The van der Waals surface area contributed by atoms with Crippen molar-refractivity contribution in [1.29, 1.82) is 0 Å². The summed E-state index contributed by atoms with van der Waals surface area (Å²) in [6, 6.07) is 4.48. The van der Waals surface area contributed by atoms with Gasteiger partial charge in [0.05, 0.1) is 11.1 Å². The Hall–Kier alpha value is -1.69. The number of hydrogen-bond acceptors (Lipinski definition) is 3. The maximum atomic E-state index is 13.9. The Morgan fingerprint density at radius 3 is 2.89 bits per heavy atom. The summed E-state index contributed by atoms with van der Waals surface area (Å²) in [6.45, 7) is 2.22. The third kappa shape index (κ3) is 2.68. The predicted octanol–water partition coefficient (Wildman–Crippen LogP) is 3.62. The average molecular weight is 328 g/mol. The van der Waals surface area contributed by atoms with E-state index in [1.54, 1.807) is 6.07 Å². The number of carboxylic acids is 1. The molecule has 0 amide bonds. The predicted molar refractivity (Wildman–Crippen MR) is 72.1 cm³/mol. The first-order chi connectivity index (χ1) is 9.04. The fraction of sp³-hybridized carbons (Fsp3) is 0.231. The molecule has 0 fully saturated rings. The maximum Gasteiger partial charge on any atom is 0.341 e. The molecule has 1 aromatic heterocycles. The molecule has 0 radical (unpaired) electrons. The fourth-order valence-electron chi connectivity index (χ4n) is 1.63. The van der Waals surface area contributed by atoms with Gasteiger partial charge in [-0.1, -0.05) is 13.0 Å². The summed E-state index contributed by atoms with van der Waals surface area (Å²) in [7, 11) is 0. The second kappa shape index (κ2) is 5.52. The van der Waals surface area contributed by atoms with E-state index in [0.29, 0.717) is 18.4 Å². The normalized spacial score (nSPS) is 10.7. The number of pyridine rings is 1. The quantitative estimate of drug-likeness (QED) is 0.931. The van der Waals surface area contributed by atoms with Crippen LogP contribution < -0.4 is 4.74 Å². The second-order valence-electron chi connectivity index (χ2n) is 3.93. The van der Waals surface area contributed by atoms with Crippen LogP contribution in [0.3, 0.4) is 0 Å². The van der Waals surface area contributed by atoms with Crippen LogP contribution in [-0.4, -0.2) is 22.7 Å². The third-order valence-electron chi connectivity index (χ3n) is 2.52. The van der Waals surface area contributed by atoms with Crippen molar-refractivity contribution in [2.75, 3.05) is 6.61 Å². The first kappa shape index (κ1) is 13.7. The molecule has 0 saturated heterocycles. The molecule has 2 rings (SSSR count). The van der Waals surface area contributed by atoms with Gasteiger partial charge in [0.15, 0.2) is 5.82 Å². The molecule has 0 bridgehead atoms. The van der Waals surface area contributed by atoms with Crippen molar-refractivity contribution in [3.8, 4) is 5.88 Å². The van der Waals surface area contributed by atoms with Crippen LogP contribution in [0.4, 0.5) is 4.39 Å². The summed E-state index contributed by atoms with van der Waals surface area (Å²) in [4.78, 5) is 15.1. The topological polar surface area (TPSA) is 59.4 Å². The van der Waals surface area contributed by atoms with Crippen molar-refractivity contribution in [3.63, 3.8) is 0 Å². The van der Waals surface area contributed by atoms with Gasteiger partial charge in [-0.05, 0) is 34.5 Å². The molecule has 0 aliphatic rings. The Morgan fingerprint density at radius 2 is 2.26 bits per heavy atom. The molecule has 0 aliphatic heterocycles. The summed E-state index contributed by atoms with van der Waals surface area (Å²) in [5, 5.41) is 9.54. The summed E-state index contributed by atoms with van der Waals surface area (Å²) in [5.41, 5.74) is 0.0214. The highest BCUT2D eigenvalue weighted by atomic mass is 79.9. The number of hydrogen-bond donors (Lipinski definition) is 1. The van der Waals surface area contributed by atoms with Crippen LogP contribution in [0.5, 0.6) is 5.88 Å². The van der Waals surface area contributed by atoms with Crippen LogP contribution in [0.1, 0.15) is 23.7 Å². The number of rotatable bonds is 4. The third-order valence-corrected chi connectivity index (χ3v) is 3.13. The standard InChI is InChI=1S/C13H11BrFNO3/c1-2-5-19-12-8(13(17)18)6-7-3-4-9(14)10(15)11(7)16-12/h3-4,6H,2,5H2,1H3,(H,17,18). The molecule has 2 aromatic rings. The lowest BCUT2D eigenvalue weighted by Gasteiger charge is -2.09. The summed E-state index contributed by atoms with van der Waals surface area (Å²) in [6.07, 6.45) is 0.708. The van der Waals surface area contributed by atoms with Gasteiger partial charge < -0.3 is 9.84 Å². The molecule has 0 aliphatic carbocycles. The lowest BCUT2D eigenvalue weighted by molar-refractivity contribution is 0.0691. The zero-order valence-electron chi connectivity index (χ0n) is 10.1. The van der Waals surface area contributed by atoms with Crippen LogP contribution in [0, 0.1) is 5.82 Å². The van der Waals surface area contributed by atoms with Gasteiger partial charge >= 0.3 is 5.97 Å². The number of halogens is 2. The van der Waals surface area contributed by atoms with E-state index >= 15 is 0 Å². The highest BCUT2D eigenvalue weighted by molar-refractivity contribution is 9.10.